The molecule has 1 unspecified atom stereocenters. The third kappa shape index (κ3) is 4.85. The van der Waals surface area contributed by atoms with Gasteiger partial charge in [0.25, 0.3) is 0 Å². The minimum atomic E-state index is 0.658. The van der Waals surface area contributed by atoms with Crippen molar-refractivity contribution in [1.82, 2.24) is 5.32 Å². The van der Waals surface area contributed by atoms with E-state index in [0.717, 1.165) is 24.3 Å². The molecule has 21 heavy (non-hydrogen) atoms. The molecule has 0 saturated heterocycles. The summed E-state index contributed by atoms with van der Waals surface area (Å²) in [6, 6.07) is 9.76. The van der Waals surface area contributed by atoms with Gasteiger partial charge < -0.3 is 5.32 Å². The van der Waals surface area contributed by atoms with Gasteiger partial charge in [-0.3, -0.25) is 0 Å². The van der Waals surface area contributed by atoms with Gasteiger partial charge in [0.05, 0.1) is 0 Å². The van der Waals surface area contributed by atoms with E-state index >= 15 is 0 Å². The Hall–Kier alpha value is -0.820. The Balaban J connectivity index is 1.94. The summed E-state index contributed by atoms with van der Waals surface area (Å²) in [4.78, 5) is 0. The molecule has 1 aliphatic rings. The normalized spacial score (nSPS) is 24.2. The second-order valence-electron chi connectivity index (χ2n) is 7.27. The Kier molecular flexibility index (Phi) is 6.29. The van der Waals surface area contributed by atoms with E-state index in [1.54, 1.807) is 0 Å². The standard InChI is InChI=1S/C20H33N/c1-5-21-20(14-17-8-6-16(4)7-9-17)19-12-10-18(11-13-19)15(2)3/h6-9,15,18-21H,5,10-14H2,1-4H3. The summed E-state index contributed by atoms with van der Waals surface area (Å²) in [5.41, 5.74) is 2.84. The molecule has 0 radical (unpaired) electrons. The van der Waals surface area contributed by atoms with E-state index in [1.807, 2.05) is 0 Å². The molecule has 1 heteroatoms. The molecule has 1 nitrogen and oxygen atoms in total. The summed E-state index contributed by atoms with van der Waals surface area (Å²) in [6.45, 7) is 10.3. The van der Waals surface area contributed by atoms with E-state index in [4.69, 9.17) is 0 Å². The zero-order valence-electron chi connectivity index (χ0n) is 14.4. The van der Waals surface area contributed by atoms with Gasteiger partial charge in [-0.1, -0.05) is 50.6 Å². The molecule has 1 aromatic carbocycles. The van der Waals surface area contributed by atoms with Gasteiger partial charge in [-0.15, -0.1) is 0 Å². The van der Waals surface area contributed by atoms with Gasteiger partial charge in [-0.25, -0.2) is 0 Å². The number of hydrogen-bond donors (Lipinski definition) is 1. The Bertz CT molecular complexity index is 398. The zero-order chi connectivity index (χ0) is 15.2. The molecular weight excluding hydrogens is 254 g/mol. The van der Waals surface area contributed by atoms with E-state index in [9.17, 15) is 0 Å². The van der Waals surface area contributed by atoms with Crippen LogP contribution in [0.25, 0.3) is 0 Å². The van der Waals surface area contributed by atoms with Crippen molar-refractivity contribution in [3.8, 4) is 0 Å². The Morgan fingerprint density at radius 1 is 1.00 bits per heavy atom. The number of hydrogen-bond acceptors (Lipinski definition) is 1. The van der Waals surface area contributed by atoms with Gasteiger partial charge in [-0.05, 0) is 68.9 Å². The maximum Gasteiger partial charge on any atom is 0.0136 e. The van der Waals surface area contributed by atoms with Crippen molar-refractivity contribution in [2.45, 2.75) is 65.8 Å². The lowest BCUT2D eigenvalue weighted by Gasteiger charge is -2.36. The first-order valence-electron chi connectivity index (χ1n) is 8.89. The van der Waals surface area contributed by atoms with Gasteiger partial charge in [0.15, 0.2) is 0 Å². The Morgan fingerprint density at radius 3 is 2.10 bits per heavy atom. The molecule has 1 atom stereocenters. The molecule has 0 spiro atoms. The molecule has 0 heterocycles. The van der Waals surface area contributed by atoms with Crippen LogP contribution in [0.2, 0.25) is 0 Å². The highest BCUT2D eigenvalue weighted by molar-refractivity contribution is 5.22. The molecule has 1 aliphatic carbocycles. The fourth-order valence-electron chi connectivity index (χ4n) is 3.86. The highest BCUT2D eigenvalue weighted by Crippen LogP contribution is 2.35. The van der Waals surface area contributed by atoms with Crippen molar-refractivity contribution in [2.24, 2.45) is 17.8 Å². The molecule has 2 rings (SSSR count). The van der Waals surface area contributed by atoms with Crippen molar-refractivity contribution < 1.29 is 0 Å². The van der Waals surface area contributed by atoms with Crippen LogP contribution in [0.3, 0.4) is 0 Å². The minimum Gasteiger partial charge on any atom is -0.314 e. The van der Waals surface area contributed by atoms with E-state index in [2.05, 4.69) is 57.3 Å². The molecule has 1 N–H and O–H groups in total. The van der Waals surface area contributed by atoms with Crippen LogP contribution in [0.15, 0.2) is 24.3 Å². The lowest BCUT2D eigenvalue weighted by atomic mass is 9.73. The van der Waals surface area contributed by atoms with Crippen molar-refractivity contribution in [1.29, 1.82) is 0 Å². The maximum atomic E-state index is 3.76. The number of benzene rings is 1. The average Bonchev–Trinajstić information content (AvgIpc) is 2.49. The fourth-order valence-corrected chi connectivity index (χ4v) is 3.86. The van der Waals surface area contributed by atoms with Crippen LogP contribution in [0.4, 0.5) is 0 Å². The molecule has 0 bridgehead atoms. The van der Waals surface area contributed by atoms with Gasteiger partial charge in [0.1, 0.15) is 0 Å². The van der Waals surface area contributed by atoms with Crippen molar-refractivity contribution >= 4 is 0 Å². The largest absolute Gasteiger partial charge is 0.314 e. The molecule has 1 aromatic rings. The molecule has 1 fully saturated rings. The van der Waals surface area contributed by atoms with E-state index in [-0.39, 0.29) is 0 Å². The smallest absolute Gasteiger partial charge is 0.0136 e. The SMILES string of the molecule is CCNC(Cc1ccc(C)cc1)C1CCC(C(C)C)CC1. The van der Waals surface area contributed by atoms with Crippen molar-refractivity contribution in [3.63, 3.8) is 0 Å². The quantitative estimate of drug-likeness (QED) is 0.778. The van der Waals surface area contributed by atoms with Gasteiger partial charge >= 0.3 is 0 Å². The lowest BCUT2D eigenvalue weighted by molar-refractivity contribution is 0.188. The summed E-state index contributed by atoms with van der Waals surface area (Å²) in [7, 11) is 0. The second kappa shape index (κ2) is 7.98. The maximum absolute atomic E-state index is 3.76. The van der Waals surface area contributed by atoms with Crippen LogP contribution in [0, 0.1) is 24.7 Å². The summed E-state index contributed by atoms with van der Waals surface area (Å²) >= 11 is 0. The Labute approximate surface area is 131 Å². The summed E-state index contributed by atoms with van der Waals surface area (Å²) < 4.78 is 0. The summed E-state index contributed by atoms with van der Waals surface area (Å²) in [5.74, 6) is 2.68. The topological polar surface area (TPSA) is 12.0 Å². The van der Waals surface area contributed by atoms with E-state index < -0.39 is 0 Å². The van der Waals surface area contributed by atoms with Crippen LogP contribution in [0.1, 0.15) is 57.6 Å². The zero-order valence-corrected chi connectivity index (χ0v) is 14.4. The minimum absolute atomic E-state index is 0.658. The van der Waals surface area contributed by atoms with Crippen LogP contribution in [-0.2, 0) is 6.42 Å². The van der Waals surface area contributed by atoms with Crippen LogP contribution in [-0.4, -0.2) is 12.6 Å². The Morgan fingerprint density at radius 2 is 1.57 bits per heavy atom. The van der Waals surface area contributed by atoms with Crippen LogP contribution in [0.5, 0.6) is 0 Å². The van der Waals surface area contributed by atoms with Gasteiger partial charge in [0, 0.05) is 6.04 Å². The third-order valence-corrected chi connectivity index (χ3v) is 5.37. The monoisotopic (exact) mass is 287 g/mol. The van der Waals surface area contributed by atoms with Crippen LogP contribution < -0.4 is 5.32 Å². The molecule has 118 valence electrons. The number of rotatable bonds is 6. The second-order valence-corrected chi connectivity index (χ2v) is 7.27. The molecular formula is C20H33N. The number of likely N-dealkylation sites (N-methyl/N-ethyl adjacent to an activating group) is 1. The first-order valence-corrected chi connectivity index (χ1v) is 8.89. The first-order chi connectivity index (χ1) is 10.1. The van der Waals surface area contributed by atoms with Crippen molar-refractivity contribution in [3.05, 3.63) is 35.4 Å². The average molecular weight is 287 g/mol. The van der Waals surface area contributed by atoms with Crippen LogP contribution >= 0.6 is 0 Å². The summed E-state index contributed by atoms with van der Waals surface area (Å²) in [6.07, 6.45) is 6.86. The molecule has 0 amide bonds. The highest BCUT2D eigenvalue weighted by Gasteiger charge is 2.28. The fraction of sp³-hybridized carbons (Fsp3) is 0.700. The van der Waals surface area contributed by atoms with Gasteiger partial charge in [-0.2, -0.15) is 0 Å². The number of nitrogens with one attached hydrogen (secondary N) is 1. The predicted octanol–water partition coefficient (Wildman–Crippen LogP) is 4.98. The van der Waals surface area contributed by atoms with E-state index in [1.165, 1.54) is 43.2 Å². The predicted molar refractivity (Wildman–Crippen MR) is 92.6 cm³/mol. The molecule has 1 saturated carbocycles. The number of aryl methyl sites for hydroxylation is 1. The van der Waals surface area contributed by atoms with Crippen molar-refractivity contribution in [2.75, 3.05) is 6.54 Å². The summed E-state index contributed by atoms with van der Waals surface area (Å²) in [5, 5.41) is 3.76. The molecule has 0 aliphatic heterocycles. The lowest BCUT2D eigenvalue weighted by Crippen LogP contribution is -2.40. The van der Waals surface area contributed by atoms with Gasteiger partial charge in [0.2, 0.25) is 0 Å². The molecule has 0 aromatic heterocycles. The first kappa shape index (κ1) is 16.5. The third-order valence-electron chi connectivity index (χ3n) is 5.37. The highest BCUT2D eigenvalue weighted by atomic mass is 14.9. The van der Waals surface area contributed by atoms with E-state index in [0.29, 0.717) is 6.04 Å².